The fourth-order valence-corrected chi connectivity index (χ4v) is 2.21. The second-order valence-corrected chi connectivity index (χ2v) is 4.90. The van der Waals surface area contributed by atoms with Gasteiger partial charge in [-0.25, -0.2) is 0 Å². The van der Waals surface area contributed by atoms with E-state index in [9.17, 15) is 9.59 Å². The largest absolute Gasteiger partial charge is 0.291 e. The molecule has 80 valence electrons. The van der Waals surface area contributed by atoms with Crippen molar-refractivity contribution in [2.24, 2.45) is 5.92 Å². The van der Waals surface area contributed by atoms with Crippen molar-refractivity contribution in [3.63, 3.8) is 0 Å². The normalized spacial score (nSPS) is 21.1. The van der Waals surface area contributed by atoms with Gasteiger partial charge >= 0.3 is 0 Å². The molecule has 0 N–H and O–H groups in total. The molecule has 1 aliphatic rings. The van der Waals surface area contributed by atoms with Crippen LogP contribution in [0, 0.1) is 5.92 Å². The van der Waals surface area contributed by atoms with Gasteiger partial charge in [-0.05, 0) is 18.0 Å². The fourth-order valence-electron chi connectivity index (χ4n) is 1.43. The van der Waals surface area contributed by atoms with Gasteiger partial charge in [-0.2, -0.15) is 0 Å². The van der Waals surface area contributed by atoms with E-state index in [1.807, 2.05) is 6.92 Å². The summed E-state index contributed by atoms with van der Waals surface area (Å²) in [5.41, 5.74) is 0. The Hall–Kier alpha value is -1.01. The Balaban J connectivity index is 2.19. The zero-order chi connectivity index (χ0) is 11.0. The summed E-state index contributed by atoms with van der Waals surface area (Å²) in [6, 6.07) is 0. The molecule has 2 amide bonds. The number of rotatable bonds is 1. The van der Waals surface area contributed by atoms with Crippen LogP contribution in [0.1, 0.15) is 23.1 Å². The van der Waals surface area contributed by atoms with E-state index in [0.29, 0.717) is 13.0 Å². The van der Waals surface area contributed by atoms with Crippen molar-refractivity contribution >= 4 is 34.8 Å². The Morgan fingerprint density at radius 2 is 2.33 bits per heavy atom. The molecule has 1 aliphatic heterocycles. The third-order valence-electron chi connectivity index (χ3n) is 2.30. The van der Waals surface area contributed by atoms with E-state index in [-0.39, 0.29) is 21.3 Å². The molecule has 0 aromatic carbocycles. The molecule has 1 aromatic heterocycles. The van der Waals surface area contributed by atoms with Crippen LogP contribution in [0.2, 0.25) is 4.47 Å². The van der Waals surface area contributed by atoms with Crippen LogP contribution in [0.5, 0.6) is 0 Å². The smallest absolute Gasteiger partial charge is 0.276 e. The van der Waals surface area contributed by atoms with E-state index in [2.05, 4.69) is 10.2 Å². The molecule has 0 radical (unpaired) electrons. The average Bonchev–Trinajstić information content (AvgIpc) is 2.75. The summed E-state index contributed by atoms with van der Waals surface area (Å²) in [4.78, 5) is 24.5. The molecular formula is C8H8ClN3O2S. The first-order chi connectivity index (χ1) is 7.09. The maximum Gasteiger partial charge on any atom is 0.291 e. The lowest BCUT2D eigenvalue weighted by Crippen LogP contribution is -2.33. The summed E-state index contributed by atoms with van der Waals surface area (Å²) in [7, 11) is 0. The van der Waals surface area contributed by atoms with E-state index < -0.39 is 5.91 Å². The number of likely N-dealkylation sites (tertiary alicyclic amines) is 1. The quantitative estimate of drug-likeness (QED) is 0.698. The second-order valence-electron chi connectivity index (χ2n) is 3.34. The van der Waals surface area contributed by atoms with Gasteiger partial charge in [0.15, 0.2) is 0 Å². The third kappa shape index (κ3) is 1.87. The maximum absolute atomic E-state index is 11.8. The molecule has 1 fully saturated rings. The Morgan fingerprint density at radius 1 is 1.60 bits per heavy atom. The van der Waals surface area contributed by atoms with Gasteiger partial charge in [0.25, 0.3) is 5.91 Å². The molecule has 1 unspecified atom stereocenters. The Bertz CT molecular complexity index is 420. The molecule has 1 aromatic rings. The molecule has 2 heterocycles. The van der Waals surface area contributed by atoms with Gasteiger partial charge in [0.1, 0.15) is 0 Å². The number of aromatic nitrogens is 2. The number of hydrogen-bond donors (Lipinski definition) is 0. The van der Waals surface area contributed by atoms with Crippen molar-refractivity contribution in [3.05, 3.63) is 9.47 Å². The predicted octanol–water partition coefficient (Wildman–Crippen LogP) is 1.20. The first-order valence-corrected chi connectivity index (χ1v) is 5.63. The molecule has 7 heteroatoms. The summed E-state index contributed by atoms with van der Waals surface area (Å²) in [5, 5.41) is 7.31. The number of imide groups is 1. The van der Waals surface area contributed by atoms with Crippen molar-refractivity contribution in [3.8, 4) is 0 Å². The van der Waals surface area contributed by atoms with Gasteiger partial charge in [0.05, 0.1) is 0 Å². The lowest BCUT2D eigenvalue weighted by atomic mass is 10.1. The number of carbonyl (C=O) groups is 2. The van der Waals surface area contributed by atoms with Gasteiger partial charge in [0, 0.05) is 12.5 Å². The number of halogens is 1. The molecule has 5 nitrogen and oxygen atoms in total. The molecule has 0 spiro atoms. The molecular weight excluding hydrogens is 238 g/mol. The topological polar surface area (TPSA) is 63.2 Å². The van der Waals surface area contributed by atoms with Crippen molar-refractivity contribution in [1.29, 1.82) is 0 Å². The number of hydrogen-bond acceptors (Lipinski definition) is 5. The van der Waals surface area contributed by atoms with E-state index in [0.717, 1.165) is 11.3 Å². The van der Waals surface area contributed by atoms with Crippen LogP contribution >= 0.6 is 22.9 Å². The van der Waals surface area contributed by atoms with Crippen LogP contribution < -0.4 is 0 Å². The molecule has 0 aliphatic carbocycles. The zero-order valence-electron chi connectivity index (χ0n) is 7.94. The van der Waals surface area contributed by atoms with Gasteiger partial charge < -0.3 is 0 Å². The predicted molar refractivity (Wildman–Crippen MR) is 54.7 cm³/mol. The van der Waals surface area contributed by atoms with Crippen LogP contribution in [0.3, 0.4) is 0 Å². The van der Waals surface area contributed by atoms with Crippen LogP contribution in [0.15, 0.2) is 0 Å². The SMILES string of the molecule is CC1CCN(C(=O)c2nnc(Cl)s2)C1=O. The minimum absolute atomic E-state index is 0.0858. The van der Waals surface area contributed by atoms with Crippen molar-refractivity contribution in [2.75, 3.05) is 6.54 Å². The first kappa shape index (κ1) is 10.5. The zero-order valence-corrected chi connectivity index (χ0v) is 9.51. The average molecular weight is 246 g/mol. The monoisotopic (exact) mass is 245 g/mol. The summed E-state index contributed by atoms with van der Waals surface area (Å²) in [6.07, 6.45) is 0.705. The van der Waals surface area contributed by atoms with Gasteiger partial charge in [-0.3, -0.25) is 14.5 Å². The van der Waals surface area contributed by atoms with Crippen molar-refractivity contribution in [1.82, 2.24) is 15.1 Å². The third-order valence-corrected chi connectivity index (χ3v) is 3.31. The molecule has 0 bridgehead atoms. The Morgan fingerprint density at radius 3 is 2.80 bits per heavy atom. The van der Waals surface area contributed by atoms with Crippen LogP contribution in [-0.2, 0) is 4.79 Å². The van der Waals surface area contributed by atoms with E-state index in [4.69, 9.17) is 11.6 Å². The number of carbonyl (C=O) groups excluding carboxylic acids is 2. The van der Waals surface area contributed by atoms with Crippen LogP contribution in [0.25, 0.3) is 0 Å². The van der Waals surface area contributed by atoms with Gasteiger partial charge in [0.2, 0.25) is 15.4 Å². The summed E-state index contributed by atoms with van der Waals surface area (Å²) in [6.45, 7) is 2.26. The Labute approximate surface area is 95.0 Å². The van der Waals surface area contributed by atoms with E-state index >= 15 is 0 Å². The number of amides is 2. The lowest BCUT2D eigenvalue weighted by Gasteiger charge is -2.11. The van der Waals surface area contributed by atoms with Crippen molar-refractivity contribution in [2.45, 2.75) is 13.3 Å². The maximum atomic E-state index is 11.8. The molecule has 1 atom stereocenters. The standard InChI is InChI=1S/C8H8ClN3O2S/c1-4-2-3-12(6(4)13)7(14)5-10-11-8(9)15-5/h4H,2-3H2,1H3. The first-order valence-electron chi connectivity index (χ1n) is 4.44. The second kappa shape index (κ2) is 3.86. The van der Waals surface area contributed by atoms with Crippen LogP contribution in [-0.4, -0.2) is 33.5 Å². The summed E-state index contributed by atoms with van der Waals surface area (Å²) in [5.74, 6) is -0.627. The molecule has 2 rings (SSSR count). The fraction of sp³-hybridized carbons (Fsp3) is 0.500. The highest BCUT2D eigenvalue weighted by Crippen LogP contribution is 2.22. The highest BCUT2D eigenvalue weighted by atomic mass is 35.5. The van der Waals surface area contributed by atoms with Crippen LogP contribution in [0.4, 0.5) is 0 Å². The molecule has 15 heavy (non-hydrogen) atoms. The summed E-state index contributed by atoms with van der Waals surface area (Å²) < 4.78 is 0.207. The van der Waals surface area contributed by atoms with Gasteiger partial charge in [-0.1, -0.05) is 18.3 Å². The minimum Gasteiger partial charge on any atom is -0.276 e. The molecule has 0 saturated carbocycles. The number of nitrogens with zero attached hydrogens (tertiary/aromatic N) is 3. The van der Waals surface area contributed by atoms with E-state index in [1.54, 1.807) is 0 Å². The highest BCUT2D eigenvalue weighted by Gasteiger charge is 2.34. The minimum atomic E-state index is -0.395. The van der Waals surface area contributed by atoms with Crippen molar-refractivity contribution < 1.29 is 9.59 Å². The summed E-state index contributed by atoms with van der Waals surface area (Å²) >= 11 is 6.55. The van der Waals surface area contributed by atoms with E-state index in [1.165, 1.54) is 4.90 Å². The lowest BCUT2D eigenvalue weighted by molar-refractivity contribution is -0.128. The molecule has 1 saturated heterocycles. The highest BCUT2D eigenvalue weighted by molar-refractivity contribution is 7.17. The van der Waals surface area contributed by atoms with Gasteiger partial charge in [-0.15, -0.1) is 10.2 Å². The Kier molecular flexibility index (Phi) is 2.70.